The lowest BCUT2D eigenvalue weighted by Gasteiger charge is -2.21. The number of amides is 1. The topological polar surface area (TPSA) is 66.8 Å². The molecule has 0 radical (unpaired) electrons. The van der Waals surface area contributed by atoms with Gasteiger partial charge in [-0.25, -0.2) is 4.39 Å². The van der Waals surface area contributed by atoms with Gasteiger partial charge in [-0.3, -0.25) is 9.59 Å². The Morgan fingerprint density at radius 3 is 2.70 bits per heavy atom. The van der Waals surface area contributed by atoms with Gasteiger partial charge in [0.15, 0.2) is 0 Å². The van der Waals surface area contributed by atoms with E-state index in [-0.39, 0.29) is 11.3 Å². The zero-order chi connectivity index (χ0) is 14.7. The molecule has 108 valence electrons. The molecular formula is C14H16FNO4. The predicted molar refractivity (Wildman–Crippen MR) is 69.2 cm³/mol. The van der Waals surface area contributed by atoms with Crippen LogP contribution in [0.1, 0.15) is 23.2 Å². The third-order valence-electron chi connectivity index (χ3n) is 3.20. The minimum absolute atomic E-state index is 0.112. The maximum atomic E-state index is 13.9. The molecular weight excluding hydrogens is 265 g/mol. The zero-order valence-corrected chi connectivity index (χ0v) is 11.1. The van der Waals surface area contributed by atoms with E-state index in [2.05, 4.69) is 0 Å². The molecule has 1 aromatic rings. The number of nitrogens with zero attached hydrogens (tertiary/aromatic N) is 1. The maximum Gasteiger partial charge on any atom is 0.323 e. The van der Waals surface area contributed by atoms with Crippen LogP contribution in [0.5, 0.6) is 5.75 Å². The summed E-state index contributed by atoms with van der Waals surface area (Å²) in [5, 5.41) is 8.89. The third-order valence-corrected chi connectivity index (χ3v) is 3.20. The van der Waals surface area contributed by atoms with Crippen LogP contribution in [0.15, 0.2) is 18.2 Å². The molecule has 0 unspecified atom stereocenters. The first-order chi connectivity index (χ1) is 9.52. The van der Waals surface area contributed by atoms with Crippen molar-refractivity contribution in [1.29, 1.82) is 0 Å². The number of carboxylic acids is 1. The van der Waals surface area contributed by atoms with Crippen molar-refractivity contribution in [1.82, 2.24) is 4.90 Å². The second kappa shape index (κ2) is 5.90. The standard InChI is InChI=1S/C14H16FNO4/c1-20-11-4-2-3-10(15)13(11)14(19)16(8-12(17)18)7-9-5-6-9/h2-4,9H,5-8H2,1H3,(H,17,18). The molecule has 0 spiro atoms. The highest BCUT2D eigenvalue weighted by Crippen LogP contribution is 2.31. The number of carbonyl (C=O) groups is 2. The molecule has 6 heteroatoms. The molecule has 0 aliphatic heterocycles. The van der Waals surface area contributed by atoms with Gasteiger partial charge in [-0.1, -0.05) is 6.07 Å². The van der Waals surface area contributed by atoms with Gasteiger partial charge in [0, 0.05) is 6.54 Å². The highest BCUT2D eigenvalue weighted by Gasteiger charge is 2.30. The highest BCUT2D eigenvalue weighted by molar-refractivity contribution is 5.98. The fraction of sp³-hybridized carbons (Fsp3) is 0.429. The number of hydrogen-bond donors (Lipinski definition) is 1. The molecule has 1 aliphatic rings. The molecule has 1 fully saturated rings. The molecule has 0 bridgehead atoms. The Morgan fingerprint density at radius 2 is 2.15 bits per heavy atom. The van der Waals surface area contributed by atoms with Crippen LogP contribution in [0.2, 0.25) is 0 Å². The van der Waals surface area contributed by atoms with Crippen LogP contribution in [0, 0.1) is 11.7 Å². The summed E-state index contributed by atoms with van der Waals surface area (Å²) in [7, 11) is 1.34. The Balaban J connectivity index is 2.27. The second-order valence-corrected chi connectivity index (χ2v) is 4.84. The molecule has 0 heterocycles. The van der Waals surface area contributed by atoms with E-state index in [1.807, 2.05) is 0 Å². The van der Waals surface area contributed by atoms with Crippen molar-refractivity contribution in [2.45, 2.75) is 12.8 Å². The predicted octanol–water partition coefficient (Wildman–Crippen LogP) is 1.77. The van der Waals surface area contributed by atoms with E-state index in [0.29, 0.717) is 12.5 Å². The summed E-state index contributed by atoms with van der Waals surface area (Å²) in [5.41, 5.74) is -0.211. The first-order valence-electron chi connectivity index (χ1n) is 6.36. The number of ether oxygens (including phenoxy) is 1. The molecule has 0 aromatic heterocycles. The quantitative estimate of drug-likeness (QED) is 0.863. The van der Waals surface area contributed by atoms with E-state index in [1.165, 1.54) is 24.1 Å². The van der Waals surface area contributed by atoms with Gasteiger partial charge in [0.05, 0.1) is 7.11 Å². The van der Waals surface area contributed by atoms with Crippen LogP contribution in [0.25, 0.3) is 0 Å². The smallest absolute Gasteiger partial charge is 0.323 e. The average Bonchev–Trinajstić information content (AvgIpc) is 3.20. The first kappa shape index (κ1) is 14.3. The van der Waals surface area contributed by atoms with Crippen LogP contribution >= 0.6 is 0 Å². The molecule has 1 amide bonds. The summed E-state index contributed by atoms with van der Waals surface area (Å²) in [6, 6.07) is 4.07. The lowest BCUT2D eigenvalue weighted by atomic mass is 10.1. The van der Waals surface area contributed by atoms with E-state index in [4.69, 9.17) is 9.84 Å². The Labute approximate surface area is 116 Å². The summed E-state index contributed by atoms with van der Waals surface area (Å²) in [5.74, 6) is -2.04. The molecule has 20 heavy (non-hydrogen) atoms. The van der Waals surface area contributed by atoms with Gasteiger partial charge in [0.2, 0.25) is 0 Å². The van der Waals surface area contributed by atoms with Crippen molar-refractivity contribution in [3.8, 4) is 5.75 Å². The van der Waals surface area contributed by atoms with Crippen LogP contribution in [-0.2, 0) is 4.79 Å². The highest BCUT2D eigenvalue weighted by atomic mass is 19.1. The molecule has 1 saturated carbocycles. The van der Waals surface area contributed by atoms with Crippen LogP contribution in [0.3, 0.4) is 0 Å². The van der Waals surface area contributed by atoms with Gasteiger partial charge in [-0.2, -0.15) is 0 Å². The summed E-state index contributed by atoms with van der Waals surface area (Å²) >= 11 is 0. The third kappa shape index (κ3) is 3.26. The van der Waals surface area contributed by atoms with E-state index in [0.717, 1.165) is 18.9 Å². The summed E-state index contributed by atoms with van der Waals surface area (Å²) in [6.45, 7) is -0.102. The van der Waals surface area contributed by atoms with E-state index in [9.17, 15) is 14.0 Å². The fourth-order valence-corrected chi connectivity index (χ4v) is 2.03. The zero-order valence-electron chi connectivity index (χ0n) is 11.1. The number of carbonyl (C=O) groups excluding carboxylic acids is 1. The number of aliphatic carboxylic acids is 1. The van der Waals surface area contributed by atoms with Crippen molar-refractivity contribution < 1.29 is 23.8 Å². The summed E-state index contributed by atoms with van der Waals surface area (Å²) < 4.78 is 18.9. The fourth-order valence-electron chi connectivity index (χ4n) is 2.03. The van der Waals surface area contributed by atoms with Gasteiger partial charge < -0.3 is 14.7 Å². The van der Waals surface area contributed by atoms with Gasteiger partial charge >= 0.3 is 5.97 Å². The molecule has 0 atom stereocenters. The molecule has 1 N–H and O–H groups in total. The van der Waals surface area contributed by atoms with Crippen LogP contribution in [-0.4, -0.2) is 42.1 Å². The van der Waals surface area contributed by atoms with Crippen molar-refractivity contribution >= 4 is 11.9 Å². The van der Waals surface area contributed by atoms with Crippen molar-refractivity contribution in [3.63, 3.8) is 0 Å². The Morgan fingerprint density at radius 1 is 1.45 bits per heavy atom. The monoisotopic (exact) mass is 281 g/mol. The Hall–Kier alpha value is -2.11. The average molecular weight is 281 g/mol. The second-order valence-electron chi connectivity index (χ2n) is 4.84. The van der Waals surface area contributed by atoms with Gasteiger partial charge in [0.25, 0.3) is 5.91 Å². The summed E-state index contributed by atoms with van der Waals surface area (Å²) in [4.78, 5) is 24.4. The van der Waals surface area contributed by atoms with Crippen molar-refractivity contribution in [3.05, 3.63) is 29.6 Å². The lowest BCUT2D eigenvalue weighted by molar-refractivity contribution is -0.137. The van der Waals surface area contributed by atoms with Gasteiger partial charge in [0.1, 0.15) is 23.7 Å². The maximum absolute atomic E-state index is 13.9. The SMILES string of the molecule is COc1cccc(F)c1C(=O)N(CC(=O)O)CC1CC1. The lowest BCUT2D eigenvalue weighted by Crippen LogP contribution is -2.37. The van der Waals surface area contributed by atoms with Crippen molar-refractivity contribution in [2.24, 2.45) is 5.92 Å². The number of halogens is 1. The first-order valence-corrected chi connectivity index (χ1v) is 6.36. The minimum atomic E-state index is -1.12. The molecule has 5 nitrogen and oxygen atoms in total. The molecule has 0 saturated heterocycles. The molecule has 1 aromatic carbocycles. The van der Waals surface area contributed by atoms with Crippen LogP contribution in [0.4, 0.5) is 4.39 Å². The van der Waals surface area contributed by atoms with Crippen LogP contribution < -0.4 is 4.74 Å². The normalized spacial score (nSPS) is 13.9. The van der Waals surface area contributed by atoms with Gasteiger partial charge in [-0.05, 0) is 30.9 Å². The summed E-state index contributed by atoms with van der Waals surface area (Å²) in [6.07, 6.45) is 1.94. The number of benzene rings is 1. The minimum Gasteiger partial charge on any atom is -0.496 e. The Kier molecular flexibility index (Phi) is 4.22. The number of rotatable bonds is 6. The molecule has 1 aliphatic carbocycles. The number of hydrogen-bond acceptors (Lipinski definition) is 3. The largest absolute Gasteiger partial charge is 0.496 e. The molecule has 2 rings (SSSR count). The number of methoxy groups -OCH3 is 1. The van der Waals surface area contributed by atoms with E-state index < -0.39 is 24.2 Å². The number of carboxylic acid groups (broad SMARTS) is 1. The Bertz CT molecular complexity index is 528. The van der Waals surface area contributed by atoms with Crippen molar-refractivity contribution in [2.75, 3.05) is 20.2 Å². The van der Waals surface area contributed by atoms with Gasteiger partial charge in [-0.15, -0.1) is 0 Å². The van der Waals surface area contributed by atoms with E-state index >= 15 is 0 Å². The van der Waals surface area contributed by atoms with E-state index in [1.54, 1.807) is 0 Å².